The third-order valence-corrected chi connectivity index (χ3v) is 6.48. The maximum atomic E-state index is 13.5. The van der Waals surface area contributed by atoms with Gasteiger partial charge in [-0.15, -0.1) is 24.9 Å². The van der Waals surface area contributed by atoms with Gasteiger partial charge in [-0.25, -0.2) is 0 Å². The van der Waals surface area contributed by atoms with E-state index in [4.69, 9.17) is 4.74 Å². The van der Waals surface area contributed by atoms with Gasteiger partial charge in [0.05, 0.1) is 23.8 Å². The summed E-state index contributed by atoms with van der Waals surface area (Å²) in [6.45, 7) is 0.974. The molecule has 0 aliphatic carbocycles. The zero-order valence-electron chi connectivity index (χ0n) is 19.1. The number of halogens is 6. The van der Waals surface area contributed by atoms with Crippen LogP contribution in [0.4, 0.5) is 26.3 Å². The molecular formula is C23H24F6N2O3S. The van der Waals surface area contributed by atoms with Gasteiger partial charge in [-0.05, 0) is 62.5 Å². The number of nitrogens with zero attached hydrogens (tertiary/aromatic N) is 1. The highest BCUT2D eigenvalue weighted by Crippen LogP contribution is 2.40. The van der Waals surface area contributed by atoms with Crippen LogP contribution < -0.4 is 14.8 Å². The van der Waals surface area contributed by atoms with Crippen LogP contribution in [0.25, 0.3) is 0 Å². The van der Waals surface area contributed by atoms with Crippen LogP contribution in [0.15, 0.2) is 41.3 Å². The topological polar surface area (TPSA) is 50.8 Å². The van der Waals surface area contributed by atoms with Crippen LogP contribution in [0.3, 0.4) is 0 Å². The highest BCUT2D eigenvalue weighted by atomic mass is 32.2. The Hall–Kier alpha value is -2.60. The van der Waals surface area contributed by atoms with Crippen LogP contribution in [0, 0.1) is 0 Å². The summed E-state index contributed by atoms with van der Waals surface area (Å²) in [4.78, 5) is 15.5. The molecule has 1 saturated heterocycles. The minimum atomic E-state index is -4.89. The van der Waals surface area contributed by atoms with Crippen molar-refractivity contribution in [2.24, 2.45) is 0 Å². The number of piperidine rings is 1. The van der Waals surface area contributed by atoms with Gasteiger partial charge >= 0.3 is 12.5 Å². The molecule has 1 heterocycles. The molecule has 5 nitrogen and oxygen atoms in total. The van der Waals surface area contributed by atoms with Crippen LogP contribution in [-0.2, 0) is 11.7 Å². The summed E-state index contributed by atoms with van der Waals surface area (Å²) in [5.74, 6) is -1.39. The summed E-state index contributed by atoms with van der Waals surface area (Å²) >= 11 is 0.953. The second kappa shape index (κ2) is 10.2. The number of ether oxygens (including phenoxy) is 2. The highest BCUT2D eigenvalue weighted by molar-refractivity contribution is 7.98. The molecule has 2 aromatic carbocycles. The molecule has 0 aromatic heterocycles. The molecule has 1 amide bonds. The zero-order valence-corrected chi connectivity index (χ0v) is 20.0. The summed E-state index contributed by atoms with van der Waals surface area (Å²) in [6.07, 6.45) is -6.97. The first kappa shape index (κ1) is 27.0. The number of thioether (sulfide) groups is 1. The van der Waals surface area contributed by atoms with Crippen molar-refractivity contribution in [2.75, 3.05) is 33.5 Å². The van der Waals surface area contributed by atoms with Gasteiger partial charge in [-0.3, -0.25) is 4.79 Å². The Labute approximate surface area is 202 Å². The van der Waals surface area contributed by atoms with Crippen LogP contribution in [-0.4, -0.2) is 50.7 Å². The lowest BCUT2D eigenvalue weighted by atomic mass is 9.81. The number of benzene rings is 2. The molecule has 3 rings (SSSR count). The monoisotopic (exact) mass is 522 g/mol. The number of rotatable bonds is 6. The van der Waals surface area contributed by atoms with Crippen molar-refractivity contribution in [2.45, 2.75) is 35.8 Å². The quantitative estimate of drug-likeness (QED) is 0.391. The van der Waals surface area contributed by atoms with Crippen LogP contribution in [0.5, 0.6) is 11.5 Å². The molecule has 1 unspecified atom stereocenters. The van der Waals surface area contributed by atoms with Crippen molar-refractivity contribution in [1.29, 1.82) is 0 Å². The molecule has 1 aliphatic heterocycles. The largest absolute Gasteiger partial charge is 0.573 e. The standard InChI is InChI=1S/C23H24F6N2O3S/c1-31-9-5-8-21(13-31,14-6-4-7-16(10-14)34-23(27,28)29)30-20(32)19-17(33-2)11-15(22(24,25)26)12-18(19)35-3/h4,6-7,10-12H,5,8-9,13H2,1-3H3,(H,30,32). The number of methoxy groups -OCH3 is 1. The Balaban J connectivity index is 2.06. The average Bonchev–Trinajstić information content (AvgIpc) is 2.76. The van der Waals surface area contributed by atoms with E-state index in [1.165, 1.54) is 25.5 Å². The van der Waals surface area contributed by atoms with Gasteiger partial charge in [0.2, 0.25) is 0 Å². The van der Waals surface area contributed by atoms with Crippen molar-refractivity contribution in [3.63, 3.8) is 0 Å². The molecule has 2 aromatic rings. The summed E-state index contributed by atoms with van der Waals surface area (Å²) in [6, 6.07) is 6.98. The molecular weight excluding hydrogens is 498 g/mol. The van der Waals surface area contributed by atoms with Crippen molar-refractivity contribution in [3.8, 4) is 11.5 Å². The summed E-state index contributed by atoms with van der Waals surface area (Å²) in [7, 11) is 2.97. The SMILES string of the molecule is COc1cc(C(F)(F)F)cc(SC)c1C(=O)NC1(c2cccc(OC(F)(F)F)c2)CCCN(C)C1. The number of amides is 1. The smallest absolute Gasteiger partial charge is 0.496 e. The minimum Gasteiger partial charge on any atom is -0.496 e. The Morgan fingerprint density at radius 2 is 1.86 bits per heavy atom. The lowest BCUT2D eigenvalue weighted by molar-refractivity contribution is -0.274. The van der Waals surface area contributed by atoms with E-state index in [0.29, 0.717) is 24.9 Å². The van der Waals surface area contributed by atoms with Gasteiger partial charge < -0.3 is 19.7 Å². The Kier molecular flexibility index (Phi) is 7.85. The van der Waals surface area contributed by atoms with Gasteiger partial charge in [0.1, 0.15) is 11.5 Å². The zero-order chi connectivity index (χ0) is 26.0. The third kappa shape index (κ3) is 6.35. The van der Waals surface area contributed by atoms with Crippen LogP contribution >= 0.6 is 11.8 Å². The van der Waals surface area contributed by atoms with Crippen molar-refractivity contribution in [3.05, 3.63) is 53.1 Å². The van der Waals surface area contributed by atoms with Crippen molar-refractivity contribution < 1.29 is 40.6 Å². The molecule has 192 valence electrons. The van der Waals surface area contributed by atoms with Gasteiger partial charge in [0, 0.05) is 11.4 Å². The number of carbonyl (C=O) groups is 1. The fraction of sp³-hybridized carbons (Fsp3) is 0.435. The van der Waals surface area contributed by atoms with E-state index < -0.39 is 35.3 Å². The lowest BCUT2D eigenvalue weighted by Crippen LogP contribution is -2.55. The Morgan fingerprint density at radius 3 is 2.43 bits per heavy atom. The molecule has 0 radical (unpaired) electrons. The van der Waals surface area contributed by atoms with Gasteiger partial charge in [-0.1, -0.05) is 12.1 Å². The van der Waals surface area contributed by atoms with E-state index in [-0.39, 0.29) is 22.8 Å². The first-order valence-electron chi connectivity index (χ1n) is 10.5. The summed E-state index contributed by atoms with van der Waals surface area (Å²) in [5.41, 5.74) is -1.77. The second-order valence-electron chi connectivity index (χ2n) is 8.21. The predicted molar refractivity (Wildman–Crippen MR) is 119 cm³/mol. The molecule has 1 aliphatic rings. The molecule has 1 fully saturated rings. The Bertz CT molecular complexity index is 1050. The molecule has 0 spiro atoms. The number of likely N-dealkylation sites (N-methyl/N-ethyl adjacent to an activating group) is 1. The maximum absolute atomic E-state index is 13.5. The van der Waals surface area contributed by atoms with Crippen LogP contribution in [0.2, 0.25) is 0 Å². The van der Waals surface area contributed by atoms with Gasteiger partial charge in [0.25, 0.3) is 5.91 Å². The molecule has 1 atom stereocenters. The summed E-state index contributed by atoms with van der Waals surface area (Å²) in [5, 5.41) is 2.90. The number of alkyl halides is 6. The Morgan fingerprint density at radius 1 is 1.14 bits per heavy atom. The molecule has 1 N–H and O–H groups in total. The minimum absolute atomic E-state index is 0.0580. The number of nitrogens with one attached hydrogen (secondary N) is 1. The van der Waals surface area contributed by atoms with E-state index in [2.05, 4.69) is 10.1 Å². The highest BCUT2D eigenvalue weighted by Gasteiger charge is 2.40. The number of likely N-dealkylation sites (tertiary alicyclic amines) is 1. The third-order valence-electron chi connectivity index (χ3n) is 5.72. The van der Waals surface area contributed by atoms with Crippen molar-refractivity contribution in [1.82, 2.24) is 10.2 Å². The number of hydrogen-bond donors (Lipinski definition) is 1. The maximum Gasteiger partial charge on any atom is 0.573 e. The average molecular weight is 523 g/mol. The number of hydrogen-bond acceptors (Lipinski definition) is 5. The van der Waals surface area contributed by atoms with E-state index >= 15 is 0 Å². The fourth-order valence-corrected chi connectivity index (χ4v) is 4.89. The van der Waals surface area contributed by atoms with E-state index in [1.54, 1.807) is 6.07 Å². The predicted octanol–water partition coefficient (Wildman–Crippen LogP) is 5.69. The molecule has 0 bridgehead atoms. The normalized spacial score (nSPS) is 19.3. The van der Waals surface area contributed by atoms with E-state index in [1.807, 2.05) is 11.9 Å². The molecule has 35 heavy (non-hydrogen) atoms. The second-order valence-corrected chi connectivity index (χ2v) is 9.05. The van der Waals surface area contributed by atoms with Crippen molar-refractivity contribution >= 4 is 17.7 Å². The van der Waals surface area contributed by atoms with Gasteiger partial charge in [0.15, 0.2) is 0 Å². The molecule has 12 heteroatoms. The molecule has 0 saturated carbocycles. The van der Waals surface area contributed by atoms with E-state index in [0.717, 1.165) is 30.0 Å². The number of carbonyl (C=O) groups excluding carboxylic acids is 1. The van der Waals surface area contributed by atoms with E-state index in [9.17, 15) is 31.1 Å². The lowest BCUT2D eigenvalue weighted by Gasteiger charge is -2.43. The first-order chi connectivity index (χ1) is 16.3. The first-order valence-corrected chi connectivity index (χ1v) is 11.7. The van der Waals surface area contributed by atoms with Gasteiger partial charge in [-0.2, -0.15) is 13.2 Å². The summed E-state index contributed by atoms with van der Waals surface area (Å²) < 4.78 is 87.6. The fourth-order valence-electron chi connectivity index (χ4n) is 4.25. The van der Waals surface area contributed by atoms with Crippen LogP contribution in [0.1, 0.15) is 34.3 Å².